The van der Waals surface area contributed by atoms with E-state index in [1.165, 1.54) is 0 Å². The molecule has 0 aromatic heterocycles. The number of nitrogens with zero attached hydrogens (tertiary/aromatic N) is 2. The first kappa shape index (κ1) is 24.4. The van der Waals surface area contributed by atoms with Crippen molar-refractivity contribution in [2.45, 2.75) is 39.2 Å². The van der Waals surface area contributed by atoms with Gasteiger partial charge in [-0.1, -0.05) is 44.2 Å². The van der Waals surface area contributed by atoms with Gasteiger partial charge in [0.15, 0.2) is 0 Å². The Hall–Kier alpha value is -2.86. The van der Waals surface area contributed by atoms with Crippen molar-refractivity contribution in [3.63, 3.8) is 0 Å². The van der Waals surface area contributed by atoms with Gasteiger partial charge in [-0.2, -0.15) is 0 Å². The van der Waals surface area contributed by atoms with Gasteiger partial charge in [0.05, 0.1) is 12.5 Å². The summed E-state index contributed by atoms with van der Waals surface area (Å²) in [5, 5.41) is 2.92. The summed E-state index contributed by atoms with van der Waals surface area (Å²) in [6, 6.07) is 15.7. The highest BCUT2D eigenvalue weighted by atomic mass is 16.5. The average Bonchev–Trinajstić information content (AvgIpc) is 2.77. The van der Waals surface area contributed by atoms with Crippen LogP contribution in [0.15, 0.2) is 48.5 Å². The minimum absolute atomic E-state index is 0.0361. The molecule has 2 aromatic carbocycles. The molecule has 2 aromatic rings. The average molecular weight is 426 g/mol. The number of methoxy groups -OCH3 is 1. The van der Waals surface area contributed by atoms with Crippen LogP contribution in [0.5, 0.6) is 0 Å². The minimum Gasteiger partial charge on any atom is -0.383 e. The van der Waals surface area contributed by atoms with Crippen LogP contribution in [0.3, 0.4) is 0 Å². The molecule has 0 unspecified atom stereocenters. The number of hydrogen-bond acceptors (Lipinski definition) is 4. The van der Waals surface area contributed by atoms with E-state index in [4.69, 9.17) is 4.74 Å². The molecule has 6 heteroatoms. The van der Waals surface area contributed by atoms with E-state index in [0.29, 0.717) is 26.1 Å². The molecule has 0 bridgehead atoms. The van der Waals surface area contributed by atoms with E-state index in [0.717, 1.165) is 28.9 Å². The van der Waals surface area contributed by atoms with Crippen molar-refractivity contribution < 1.29 is 14.3 Å². The van der Waals surface area contributed by atoms with Gasteiger partial charge in [0, 0.05) is 52.1 Å². The SMILES string of the molecule is CCC(=O)Nc1ccc(N(C)C)c(CN(CCOC)C(=O)[C@H](CC)c2ccccc2)c1. The van der Waals surface area contributed by atoms with Gasteiger partial charge in [0.1, 0.15) is 0 Å². The molecule has 1 N–H and O–H groups in total. The fraction of sp³-hybridized carbons (Fsp3) is 0.440. The summed E-state index contributed by atoms with van der Waals surface area (Å²) in [4.78, 5) is 29.3. The number of nitrogens with one attached hydrogen (secondary N) is 1. The zero-order valence-electron chi connectivity index (χ0n) is 19.4. The lowest BCUT2D eigenvalue weighted by molar-refractivity contribution is -0.134. The van der Waals surface area contributed by atoms with Crippen LogP contribution in [0.2, 0.25) is 0 Å². The lowest BCUT2D eigenvalue weighted by Crippen LogP contribution is -2.37. The zero-order valence-corrected chi connectivity index (χ0v) is 19.4. The Morgan fingerprint density at radius 3 is 2.35 bits per heavy atom. The lowest BCUT2D eigenvalue weighted by Gasteiger charge is -2.29. The molecule has 168 valence electrons. The van der Waals surface area contributed by atoms with Crippen LogP contribution in [0.25, 0.3) is 0 Å². The second-order valence-electron chi connectivity index (χ2n) is 7.76. The van der Waals surface area contributed by atoms with Crippen molar-refractivity contribution in [3.8, 4) is 0 Å². The predicted molar refractivity (Wildman–Crippen MR) is 126 cm³/mol. The molecule has 0 aliphatic carbocycles. The van der Waals surface area contributed by atoms with Crippen LogP contribution in [0.1, 0.15) is 43.7 Å². The monoisotopic (exact) mass is 425 g/mol. The fourth-order valence-corrected chi connectivity index (χ4v) is 3.61. The summed E-state index contributed by atoms with van der Waals surface area (Å²) >= 11 is 0. The van der Waals surface area contributed by atoms with E-state index in [2.05, 4.69) is 5.32 Å². The summed E-state index contributed by atoms with van der Waals surface area (Å²) < 4.78 is 5.29. The Morgan fingerprint density at radius 1 is 1.06 bits per heavy atom. The van der Waals surface area contributed by atoms with Gasteiger partial charge in [-0.3, -0.25) is 9.59 Å². The minimum atomic E-state index is -0.205. The quantitative estimate of drug-likeness (QED) is 0.584. The molecule has 0 aliphatic heterocycles. The van der Waals surface area contributed by atoms with Crippen LogP contribution >= 0.6 is 0 Å². The van der Waals surface area contributed by atoms with Gasteiger partial charge in [-0.15, -0.1) is 0 Å². The van der Waals surface area contributed by atoms with E-state index in [-0.39, 0.29) is 17.7 Å². The normalized spacial score (nSPS) is 11.6. The highest BCUT2D eigenvalue weighted by Crippen LogP contribution is 2.27. The first-order valence-corrected chi connectivity index (χ1v) is 10.8. The molecule has 31 heavy (non-hydrogen) atoms. The van der Waals surface area contributed by atoms with Crippen molar-refractivity contribution in [3.05, 3.63) is 59.7 Å². The molecule has 0 heterocycles. The number of amides is 2. The molecule has 0 saturated carbocycles. The number of ether oxygens (including phenoxy) is 1. The highest BCUT2D eigenvalue weighted by molar-refractivity contribution is 5.91. The number of carbonyl (C=O) groups excluding carboxylic acids is 2. The second kappa shape index (κ2) is 12.1. The van der Waals surface area contributed by atoms with Crippen molar-refractivity contribution in [2.24, 2.45) is 0 Å². The van der Waals surface area contributed by atoms with Gasteiger partial charge >= 0.3 is 0 Å². The lowest BCUT2D eigenvalue weighted by atomic mass is 9.94. The van der Waals surface area contributed by atoms with E-state index in [1.807, 2.05) is 86.3 Å². The summed E-state index contributed by atoms with van der Waals surface area (Å²) in [6.45, 7) is 5.26. The molecule has 0 fully saturated rings. The molecule has 2 amide bonds. The van der Waals surface area contributed by atoms with Crippen LogP contribution in [-0.2, 0) is 20.9 Å². The van der Waals surface area contributed by atoms with Crippen LogP contribution in [0.4, 0.5) is 11.4 Å². The first-order valence-electron chi connectivity index (χ1n) is 10.8. The third-order valence-corrected chi connectivity index (χ3v) is 5.31. The Kier molecular flexibility index (Phi) is 9.53. The van der Waals surface area contributed by atoms with Gasteiger partial charge in [0.25, 0.3) is 0 Å². The number of benzene rings is 2. The van der Waals surface area contributed by atoms with Crippen molar-refractivity contribution in [1.29, 1.82) is 0 Å². The topological polar surface area (TPSA) is 61.9 Å². The summed E-state index contributed by atoms with van der Waals surface area (Å²) in [7, 11) is 5.59. The van der Waals surface area contributed by atoms with Gasteiger partial charge in [0.2, 0.25) is 11.8 Å². The molecule has 1 atom stereocenters. The predicted octanol–water partition coefficient (Wildman–Crippen LogP) is 4.27. The maximum atomic E-state index is 13.6. The van der Waals surface area contributed by atoms with Crippen molar-refractivity contribution >= 4 is 23.2 Å². The highest BCUT2D eigenvalue weighted by Gasteiger charge is 2.25. The van der Waals surface area contributed by atoms with Crippen LogP contribution in [0, 0.1) is 0 Å². The molecule has 2 rings (SSSR count). The molecule has 0 spiro atoms. The van der Waals surface area contributed by atoms with E-state index in [9.17, 15) is 9.59 Å². The maximum Gasteiger partial charge on any atom is 0.230 e. The number of hydrogen-bond donors (Lipinski definition) is 1. The van der Waals surface area contributed by atoms with Gasteiger partial charge in [-0.05, 0) is 35.7 Å². The third kappa shape index (κ3) is 6.82. The number of rotatable bonds is 11. The van der Waals surface area contributed by atoms with Gasteiger partial charge in [-0.25, -0.2) is 0 Å². The molecule has 0 aliphatic rings. The molecular weight excluding hydrogens is 390 g/mol. The molecule has 0 saturated heterocycles. The molecule has 6 nitrogen and oxygen atoms in total. The Bertz CT molecular complexity index is 852. The Morgan fingerprint density at radius 2 is 1.77 bits per heavy atom. The van der Waals surface area contributed by atoms with E-state index in [1.54, 1.807) is 7.11 Å². The fourth-order valence-electron chi connectivity index (χ4n) is 3.61. The van der Waals surface area contributed by atoms with Crippen LogP contribution < -0.4 is 10.2 Å². The summed E-state index contributed by atoms with van der Waals surface area (Å²) in [6.07, 6.45) is 1.14. The van der Waals surface area contributed by atoms with Crippen molar-refractivity contribution in [1.82, 2.24) is 4.90 Å². The Labute approximate surface area is 186 Å². The molecule has 0 radical (unpaired) electrons. The summed E-state index contributed by atoms with van der Waals surface area (Å²) in [5.74, 6) is -0.159. The second-order valence-corrected chi connectivity index (χ2v) is 7.76. The van der Waals surface area contributed by atoms with Crippen LogP contribution in [-0.4, -0.2) is 51.1 Å². The Balaban J connectivity index is 2.36. The first-order chi connectivity index (χ1) is 14.9. The zero-order chi connectivity index (χ0) is 22.8. The smallest absolute Gasteiger partial charge is 0.230 e. The summed E-state index contributed by atoms with van der Waals surface area (Å²) in [5.41, 5.74) is 3.75. The molecular formula is C25H35N3O3. The third-order valence-electron chi connectivity index (χ3n) is 5.31. The standard InChI is InChI=1S/C25H35N3O3/c1-6-22(19-11-9-8-10-12-19)25(30)28(15-16-31-5)18-20-17-21(26-24(29)7-2)13-14-23(20)27(3)4/h8-14,17,22H,6-7,15-16,18H2,1-5H3,(H,26,29)/t22-/m1/s1. The number of carbonyl (C=O) groups is 2. The number of anilines is 2. The van der Waals surface area contributed by atoms with E-state index >= 15 is 0 Å². The van der Waals surface area contributed by atoms with Gasteiger partial charge < -0.3 is 19.9 Å². The van der Waals surface area contributed by atoms with E-state index < -0.39 is 0 Å². The maximum absolute atomic E-state index is 13.6. The largest absolute Gasteiger partial charge is 0.383 e. The van der Waals surface area contributed by atoms with Crippen molar-refractivity contribution in [2.75, 3.05) is 44.6 Å².